The average molecular weight is 605 g/mol. The lowest BCUT2D eigenvalue weighted by atomic mass is 9.97. The van der Waals surface area contributed by atoms with Crippen LogP contribution in [-0.2, 0) is 31.9 Å². The summed E-state index contributed by atoms with van der Waals surface area (Å²) in [6.07, 6.45) is -2.86. The summed E-state index contributed by atoms with van der Waals surface area (Å²) in [5, 5.41) is 9.93. The van der Waals surface area contributed by atoms with Gasteiger partial charge in [-0.25, -0.2) is 9.18 Å². The Bertz CT molecular complexity index is 1170. The molecule has 2 aliphatic heterocycles. The van der Waals surface area contributed by atoms with E-state index in [-0.39, 0.29) is 16.8 Å². The second kappa shape index (κ2) is 13.8. The van der Waals surface area contributed by atoms with Gasteiger partial charge in [0, 0.05) is 0 Å². The quantitative estimate of drug-likeness (QED) is 0.300. The van der Waals surface area contributed by atoms with Crippen molar-refractivity contribution in [2.45, 2.75) is 81.9 Å². The molecule has 1 amide bonds. The zero-order valence-corrected chi connectivity index (χ0v) is 26.2. The molecule has 2 aliphatic rings. The maximum absolute atomic E-state index is 13.2. The Labute approximate surface area is 247 Å². The van der Waals surface area contributed by atoms with Gasteiger partial charge in [0.2, 0.25) is 0 Å². The van der Waals surface area contributed by atoms with Gasteiger partial charge in [-0.2, -0.15) is 0 Å². The molecule has 4 rings (SSSR count). The summed E-state index contributed by atoms with van der Waals surface area (Å²) in [5.74, 6) is 0. The van der Waals surface area contributed by atoms with Gasteiger partial charge in [0.1, 0.15) is 36.5 Å². The van der Waals surface area contributed by atoms with E-state index in [1.165, 1.54) is 11.8 Å². The van der Waals surface area contributed by atoms with Gasteiger partial charge in [0.05, 0.1) is 26.4 Å². The van der Waals surface area contributed by atoms with Gasteiger partial charge in [-0.15, -0.1) is 0 Å². The molecule has 2 aromatic rings. The predicted octanol–water partition coefficient (Wildman–Crippen LogP) is 6.32. The summed E-state index contributed by atoms with van der Waals surface area (Å²) in [7, 11) is -2.13. The lowest BCUT2D eigenvalue weighted by Crippen LogP contribution is -2.59. The van der Waals surface area contributed by atoms with Crippen molar-refractivity contribution in [2.24, 2.45) is 4.99 Å². The van der Waals surface area contributed by atoms with Gasteiger partial charge in [0.25, 0.3) is 0 Å². The number of thioether (sulfide) groups is 1. The van der Waals surface area contributed by atoms with Crippen molar-refractivity contribution >= 4 is 31.3 Å². The van der Waals surface area contributed by atoms with Crippen LogP contribution in [0.1, 0.15) is 31.9 Å². The molecule has 11 heteroatoms. The highest BCUT2D eigenvalue weighted by atomic mass is 32.2. The van der Waals surface area contributed by atoms with Crippen LogP contribution in [0.25, 0.3) is 0 Å². The Morgan fingerprint density at radius 1 is 1.02 bits per heavy atom. The third-order valence-electron chi connectivity index (χ3n) is 7.85. The molecular weight excluding hydrogens is 563 g/mol. The van der Waals surface area contributed by atoms with Crippen molar-refractivity contribution in [3.8, 4) is 0 Å². The first-order valence-electron chi connectivity index (χ1n) is 13.9. The fourth-order valence-electron chi connectivity index (χ4n) is 4.45. The minimum atomic E-state index is -2.13. The van der Waals surface area contributed by atoms with Crippen molar-refractivity contribution in [3.63, 3.8) is 0 Å². The van der Waals surface area contributed by atoms with Gasteiger partial charge in [-0.05, 0) is 29.3 Å². The van der Waals surface area contributed by atoms with Crippen LogP contribution in [0.4, 0.5) is 9.18 Å². The van der Waals surface area contributed by atoms with Gasteiger partial charge in [0.15, 0.2) is 13.5 Å². The summed E-state index contributed by atoms with van der Waals surface area (Å²) < 4.78 is 39.5. The number of halogens is 1. The second-order valence-corrected chi connectivity index (χ2v) is 17.7. The first kappa shape index (κ1) is 31.6. The highest BCUT2D eigenvalue weighted by Gasteiger charge is 2.52. The molecule has 0 unspecified atom stereocenters. The fourth-order valence-corrected chi connectivity index (χ4v) is 6.70. The molecule has 1 saturated heterocycles. The van der Waals surface area contributed by atoms with Crippen LogP contribution < -0.4 is 0 Å². The molecule has 0 spiro atoms. The van der Waals surface area contributed by atoms with Crippen LogP contribution in [0, 0.1) is 0 Å². The lowest BCUT2D eigenvalue weighted by molar-refractivity contribution is -0.204. The predicted molar refractivity (Wildman–Crippen MR) is 161 cm³/mol. The Kier molecular flexibility index (Phi) is 10.6. The molecule has 0 aliphatic carbocycles. The molecule has 2 heterocycles. The number of amides is 1. The van der Waals surface area contributed by atoms with E-state index in [4.69, 9.17) is 23.6 Å². The van der Waals surface area contributed by atoms with Crippen molar-refractivity contribution in [1.29, 1.82) is 0 Å². The zero-order chi connectivity index (χ0) is 29.6. The molecule has 0 bridgehead atoms. The number of nitrogens with zero attached hydrogens (tertiary/aromatic N) is 2. The number of carboxylic acid groups (broad SMARTS) is 1. The van der Waals surface area contributed by atoms with Gasteiger partial charge in [-0.1, -0.05) is 93.2 Å². The molecular formula is C30H41FN2O6SSi. The van der Waals surface area contributed by atoms with Crippen molar-refractivity contribution in [1.82, 2.24) is 4.90 Å². The number of benzene rings is 2. The molecule has 0 radical (unpaired) electrons. The number of carbonyl (C=O) groups is 1. The van der Waals surface area contributed by atoms with Crippen LogP contribution in [0.15, 0.2) is 65.7 Å². The van der Waals surface area contributed by atoms with Crippen LogP contribution in [-0.4, -0.2) is 79.2 Å². The van der Waals surface area contributed by atoms with E-state index in [1.807, 2.05) is 60.7 Å². The topological polar surface area (TPSA) is 89.8 Å². The second-order valence-electron chi connectivity index (χ2n) is 11.8. The monoisotopic (exact) mass is 604 g/mol. The minimum Gasteiger partial charge on any atom is -0.465 e. The van der Waals surface area contributed by atoms with Gasteiger partial charge >= 0.3 is 6.09 Å². The molecule has 41 heavy (non-hydrogen) atoms. The van der Waals surface area contributed by atoms with Crippen molar-refractivity contribution in [2.75, 3.05) is 19.8 Å². The van der Waals surface area contributed by atoms with Gasteiger partial charge < -0.3 is 23.7 Å². The van der Waals surface area contributed by atoms with E-state index in [9.17, 15) is 14.3 Å². The van der Waals surface area contributed by atoms with Gasteiger partial charge in [-0.3, -0.25) is 9.89 Å². The Balaban J connectivity index is 1.65. The zero-order valence-electron chi connectivity index (χ0n) is 24.4. The summed E-state index contributed by atoms with van der Waals surface area (Å²) in [4.78, 5) is 17.6. The van der Waals surface area contributed by atoms with E-state index in [0.717, 1.165) is 16.0 Å². The normalized spacial score (nSPS) is 24.5. The molecule has 5 atom stereocenters. The largest absolute Gasteiger partial charge is 0.465 e. The summed E-state index contributed by atoms with van der Waals surface area (Å²) >= 11 is 1.18. The molecule has 8 nitrogen and oxygen atoms in total. The molecule has 0 saturated carbocycles. The number of ether oxygens (including phenoxy) is 3. The van der Waals surface area contributed by atoms with Crippen LogP contribution >= 0.6 is 11.8 Å². The van der Waals surface area contributed by atoms with E-state index < -0.39 is 50.9 Å². The number of amidine groups is 1. The minimum absolute atomic E-state index is 0.000545. The summed E-state index contributed by atoms with van der Waals surface area (Å²) in [5.41, 5.74) is 1.47. The molecule has 1 fully saturated rings. The standard InChI is InChI=1S/C30H41FN2O6SSi/c1-30(2,3)41(4,5)38-20-23-25(36-18-21-12-8-6-9-13-21)26(37-19-22-14-10-7-11-15-22)24-27(39-23)40-28(32-24)33(17-16-31)29(34)35/h6-15,23-27H,16-20H2,1-5H3,(H,34,35)/t23-,24-,25-,26-,27-/m1/s1. The smallest absolute Gasteiger partial charge is 0.413 e. The first-order chi connectivity index (χ1) is 19.5. The van der Waals surface area contributed by atoms with Crippen molar-refractivity contribution < 1.29 is 32.9 Å². The van der Waals surface area contributed by atoms with Crippen LogP contribution in [0.5, 0.6) is 0 Å². The molecule has 2 aromatic carbocycles. The average Bonchev–Trinajstić information content (AvgIpc) is 3.36. The summed E-state index contributed by atoms with van der Waals surface area (Å²) in [6, 6.07) is 19.1. The van der Waals surface area contributed by atoms with Crippen LogP contribution in [0.2, 0.25) is 18.1 Å². The summed E-state index contributed by atoms with van der Waals surface area (Å²) in [6.45, 7) is 10.8. The number of hydrogen-bond donors (Lipinski definition) is 1. The SMILES string of the molecule is CC(C)(C)[Si](C)(C)OC[C@H]1O[C@@H]2SC(N(CCF)C(=O)O)=N[C@@H]2[C@@H](OCc2ccccc2)[C@@H]1OCc1ccccc1. The first-order valence-corrected chi connectivity index (χ1v) is 17.7. The fraction of sp³-hybridized carbons (Fsp3) is 0.533. The Hall–Kier alpha value is -2.28. The van der Waals surface area contributed by atoms with Crippen molar-refractivity contribution in [3.05, 3.63) is 71.8 Å². The third-order valence-corrected chi connectivity index (χ3v) is 13.5. The maximum Gasteiger partial charge on any atom is 0.413 e. The van der Waals surface area contributed by atoms with E-state index in [2.05, 4.69) is 33.9 Å². The number of hydrogen-bond acceptors (Lipinski definition) is 7. The van der Waals surface area contributed by atoms with E-state index in [1.54, 1.807) is 0 Å². The Morgan fingerprint density at radius 3 is 2.10 bits per heavy atom. The number of rotatable bonds is 11. The number of alkyl halides is 1. The molecule has 0 aromatic heterocycles. The highest BCUT2D eigenvalue weighted by Crippen LogP contribution is 2.42. The maximum atomic E-state index is 13.2. The molecule has 1 N–H and O–H groups in total. The van der Waals surface area contributed by atoms with E-state index >= 15 is 0 Å². The number of fused-ring (bicyclic) bond motifs is 1. The molecule has 224 valence electrons. The van der Waals surface area contributed by atoms with Crippen LogP contribution in [0.3, 0.4) is 0 Å². The third kappa shape index (κ3) is 7.97. The van der Waals surface area contributed by atoms with E-state index in [0.29, 0.717) is 19.8 Å². The lowest BCUT2D eigenvalue weighted by Gasteiger charge is -2.44. The number of aliphatic imine (C=N–C) groups is 1. The highest BCUT2D eigenvalue weighted by molar-refractivity contribution is 8.14. The Morgan fingerprint density at radius 2 is 1.59 bits per heavy atom.